The van der Waals surface area contributed by atoms with E-state index in [9.17, 15) is 13.2 Å². The lowest BCUT2D eigenvalue weighted by molar-refractivity contribution is -0.122. The summed E-state index contributed by atoms with van der Waals surface area (Å²) in [6.07, 6.45) is 0. The normalized spacial score (nSPS) is 23.1. The summed E-state index contributed by atoms with van der Waals surface area (Å²) < 4.78 is 28.1. The third-order valence-electron chi connectivity index (χ3n) is 3.80. The molecule has 2 heterocycles. The van der Waals surface area contributed by atoms with Crippen LogP contribution in [0, 0.1) is 0 Å². The van der Waals surface area contributed by atoms with Crippen LogP contribution < -0.4 is 10.6 Å². The van der Waals surface area contributed by atoms with Gasteiger partial charge in [-0.2, -0.15) is 17.0 Å². The fourth-order valence-corrected chi connectivity index (χ4v) is 4.21. The molecule has 0 aliphatic carbocycles. The van der Waals surface area contributed by atoms with E-state index in [1.54, 1.807) is 4.31 Å². The molecular formula is C12H25N5O3S. The van der Waals surface area contributed by atoms with Gasteiger partial charge in [-0.05, 0) is 6.92 Å². The summed E-state index contributed by atoms with van der Waals surface area (Å²) >= 11 is 0. The molecule has 122 valence electrons. The first-order valence-electron chi connectivity index (χ1n) is 7.49. The van der Waals surface area contributed by atoms with E-state index in [1.165, 1.54) is 4.31 Å². The number of likely N-dealkylation sites (N-methyl/N-ethyl adjacent to an activating group) is 1. The smallest absolute Gasteiger partial charge is 0.282 e. The van der Waals surface area contributed by atoms with E-state index < -0.39 is 10.2 Å². The maximum absolute atomic E-state index is 12.5. The van der Waals surface area contributed by atoms with Gasteiger partial charge in [-0.25, -0.2) is 0 Å². The van der Waals surface area contributed by atoms with Crippen molar-refractivity contribution < 1.29 is 13.2 Å². The summed E-state index contributed by atoms with van der Waals surface area (Å²) in [5.74, 6) is -0.00379. The van der Waals surface area contributed by atoms with E-state index in [0.717, 1.165) is 0 Å². The Hall–Kier alpha value is -0.740. The molecule has 0 spiro atoms. The van der Waals surface area contributed by atoms with Crippen LogP contribution in [0.15, 0.2) is 0 Å². The number of carbonyl (C=O) groups is 1. The van der Waals surface area contributed by atoms with Gasteiger partial charge in [-0.1, -0.05) is 0 Å². The van der Waals surface area contributed by atoms with E-state index in [1.807, 2.05) is 11.8 Å². The summed E-state index contributed by atoms with van der Waals surface area (Å²) in [5, 5.41) is 5.91. The highest BCUT2D eigenvalue weighted by Gasteiger charge is 2.33. The van der Waals surface area contributed by atoms with Crippen LogP contribution >= 0.6 is 0 Å². The Kier molecular flexibility index (Phi) is 5.94. The minimum Gasteiger partial charge on any atom is -0.355 e. The zero-order valence-electron chi connectivity index (χ0n) is 12.5. The standard InChI is InChI=1S/C12H25N5O3S/c1-2-14-12(18)11-15-7-9-17(10-8-15)21(19,20)16-5-3-13-4-6-16/h13H,2-11H2,1H3,(H,14,18). The summed E-state index contributed by atoms with van der Waals surface area (Å²) in [7, 11) is -3.35. The summed E-state index contributed by atoms with van der Waals surface area (Å²) in [6, 6.07) is 0. The molecule has 21 heavy (non-hydrogen) atoms. The number of nitrogens with zero attached hydrogens (tertiary/aromatic N) is 3. The molecule has 2 aliphatic heterocycles. The minimum atomic E-state index is -3.35. The van der Waals surface area contributed by atoms with Crippen molar-refractivity contribution in [2.75, 3.05) is 65.4 Å². The highest BCUT2D eigenvalue weighted by Crippen LogP contribution is 2.12. The van der Waals surface area contributed by atoms with Crippen LogP contribution in [-0.4, -0.2) is 93.3 Å². The van der Waals surface area contributed by atoms with Gasteiger partial charge in [-0.3, -0.25) is 9.69 Å². The van der Waals surface area contributed by atoms with Crippen molar-refractivity contribution in [3.63, 3.8) is 0 Å². The maximum atomic E-state index is 12.5. The van der Waals surface area contributed by atoms with Gasteiger partial charge >= 0.3 is 0 Å². The van der Waals surface area contributed by atoms with Crippen molar-refractivity contribution in [2.24, 2.45) is 0 Å². The number of amides is 1. The highest BCUT2D eigenvalue weighted by atomic mass is 32.2. The summed E-state index contributed by atoms with van der Waals surface area (Å²) in [6.45, 7) is 7.42. The van der Waals surface area contributed by atoms with Gasteiger partial charge in [0.1, 0.15) is 0 Å². The lowest BCUT2D eigenvalue weighted by Gasteiger charge is -2.37. The molecular weight excluding hydrogens is 294 g/mol. The van der Waals surface area contributed by atoms with Crippen LogP contribution in [-0.2, 0) is 15.0 Å². The van der Waals surface area contributed by atoms with Crippen molar-refractivity contribution in [3.8, 4) is 0 Å². The van der Waals surface area contributed by atoms with Gasteiger partial charge in [0.15, 0.2) is 0 Å². The number of carbonyl (C=O) groups excluding carboxylic acids is 1. The first kappa shape index (κ1) is 16.6. The second-order valence-electron chi connectivity index (χ2n) is 5.29. The fraction of sp³-hybridized carbons (Fsp3) is 0.917. The molecule has 9 heteroatoms. The molecule has 2 aliphatic rings. The van der Waals surface area contributed by atoms with Crippen LogP contribution in [0.3, 0.4) is 0 Å². The predicted molar refractivity (Wildman–Crippen MR) is 80.1 cm³/mol. The third kappa shape index (κ3) is 4.36. The molecule has 2 fully saturated rings. The van der Waals surface area contributed by atoms with Crippen molar-refractivity contribution in [1.82, 2.24) is 24.1 Å². The van der Waals surface area contributed by atoms with Gasteiger partial charge < -0.3 is 10.6 Å². The number of piperazine rings is 2. The summed E-state index contributed by atoms with van der Waals surface area (Å²) in [4.78, 5) is 13.5. The van der Waals surface area contributed by atoms with Gasteiger partial charge in [0.05, 0.1) is 6.54 Å². The van der Waals surface area contributed by atoms with Gasteiger partial charge in [0.25, 0.3) is 10.2 Å². The van der Waals surface area contributed by atoms with Gasteiger partial charge in [0, 0.05) is 58.9 Å². The molecule has 0 saturated carbocycles. The molecule has 2 rings (SSSR count). The second kappa shape index (κ2) is 7.50. The minimum absolute atomic E-state index is 0.00379. The Morgan fingerprint density at radius 3 is 2.19 bits per heavy atom. The molecule has 0 radical (unpaired) electrons. The van der Waals surface area contributed by atoms with E-state index in [0.29, 0.717) is 65.4 Å². The Bertz CT molecular complexity index is 442. The molecule has 1 amide bonds. The zero-order valence-corrected chi connectivity index (χ0v) is 13.4. The first-order chi connectivity index (χ1) is 10.0. The molecule has 2 N–H and O–H groups in total. The van der Waals surface area contributed by atoms with Crippen molar-refractivity contribution >= 4 is 16.1 Å². The van der Waals surface area contributed by atoms with Gasteiger partial charge in [-0.15, -0.1) is 0 Å². The van der Waals surface area contributed by atoms with Crippen LogP contribution in [0.4, 0.5) is 0 Å². The Morgan fingerprint density at radius 2 is 1.62 bits per heavy atom. The maximum Gasteiger partial charge on any atom is 0.282 e. The van der Waals surface area contributed by atoms with Crippen molar-refractivity contribution in [3.05, 3.63) is 0 Å². The fourth-order valence-electron chi connectivity index (χ4n) is 2.61. The monoisotopic (exact) mass is 319 g/mol. The summed E-state index contributed by atoms with van der Waals surface area (Å²) in [5.41, 5.74) is 0. The average molecular weight is 319 g/mol. The molecule has 0 atom stereocenters. The number of rotatable bonds is 5. The van der Waals surface area contributed by atoms with E-state index in [-0.39, 0.29) is 5.91 Å². The first-order valence-corrected chi connectivity index (χ1v) is 8.88. The number of hydrogen-bond donors (Lipinski definition) is 2. The topological polar surface area (TPSA) is 85.0 Å². The Labute approximate surface area is 126 Å². The second-order valence-corrected chi connectivity index (χ2v) is 7.21. The lowest BCUT2D eigenvalue weighted by Crippen LogP contribution is -2.57. The molecule has 8 nitrogen and oxygen atoms in total. The number of nitrogens with one attached hydrogen (secondary N) is 2. The van der Waals surface area contributed by atoms with E-state index in [2.05, 4.69) is 10.6 Å². The molecule has 2 saturated heterocycles. The average Bonchev–Trinajstić information content (AvgIpc) is 2.49. The molecule has 0 aromatic heterocycles. The Balaban J connectivity index is 1.84. The lowest BCUT2D eigenvalue weighted by atomic mass is 10.3. The molecule has 0 aromatic rings. The number of hydrogen-bond acceptors (Lipinski definition) is 5. The quantitative estimate of drug-likeness (QED) is 0.606. The molecule has 0 aromatic carbocycles. The van der Waals surface area contributed by atoms with Crippen LogP contribution in [0.25, 0.3) is 0 Å². The SMILES string of the molecule is CCNC(=O)CN1CCN(S(=O)(=O)N2CCNCC2)CC1. The molecule has 0 bridgehead atoms. The zero-order chi connectivity index (χ0) is 15.3. The van der Waals surface area contributed by atoms with Crippen LogP contribution in [0.5, 0.6) is 0 Å². The van der Waals surface area contributed by atoms with Crippen molar-refractivity contribution in [2.45, 2.75) is 6.92 Å². The van der Waals surface area contributed by atoms with Crippen LogP contribution in [0.2, 0.25) is 0 Å². The molecule has 0 unspecified atom stereocenters. The largest absolute Gasteiger partial charge is 0.355 e. The predicted octanol–water partition coefficient (Wildman–Crippen LogP) is -2.11. The highest BCUT2D eigenvalue weighted by molar-refractivity contribution is 7.86. The van der Waals surface area contributed by atoms with Gasteiger partial charge in [0.2, 0.25) is 5.91 Å². The van der Waals surface area contributed by atoms with Crippen LogP contribution in [0.1, 0.15) is 6.92 Å². The van der Waals surface area contributed by atoms with E-state index >= 15 is 0 Å². The van der Waals surface area contributed by atoms with Crippen molar-refractivity contribution in [1.29, 1.82) is 0 Å². The van der Waals surface area contributed by atoms with E-state index in [4.69, 9.17) is 0 Å². The Morgan fingerprint density at radius 1 is 1.05 bits per heavy atom. The third-order valence-corrected chi connectivity index (χ3v) is 5.84.